The lowest BCUT2D eigenvalue weighted by Gasteiger charge is -2.23. The normalized spacial score (nSPS) is 14.4. The van der Waals surface area contributed by atoms with Gasteiger partial charge in [-0.1, -0.05) is 12.1 Å². The molecule has 2 aromatic carbocycles. The van der Waals surface area contributed by atoms with Crippen LogP contribution in [0.3, 0.4) is 0 Å². The number of amides is 3. The van der Waals surface area contributed by atoms with Gasteiger partial charge in [0.25, 0.3) is 23.4 Å². The van der Waals surface area contributed by atoms with Crippen molar-refractivity contribution in [3.8, 4) is 5.75 Å². The van der Waals surface area contributed by atoms with Crippen molar-refractivity contribution < 1.29 is 33.6 Å². The molecule has 1 aliphatic rings. The van der Waals surface area contributed by atoms with Gasteiger partial charge in [-0.15, -0.1) is 0 Å². The molecule has 0 saturated carbocycles. The van der Waals surface area contributed by atoms with E-state index in [1.54, 1.807) is 12.1 Å². The summed E-state index contributed by atoms with van der Waals surface area (Å²) in [5.41, 5.74) is 0.106. The third-order valence-electron chi connectivity index (χ3n) is 4.87. The van der Waals surface area contributed by atoms with Crippen LogP contribution in [0, 0.1) is 10.1 Å². The summed E-state index contributed by atoms with van der Waals surface area (Å²) >= 11 is 0. The summed E-state index contributed by atoms with van der Waals surface area (Å²) in [5, 5.41) is 13.4. The molecule has 166 valence electrons. The van der Waals surface area contributed by atoms with Crippen molar-refractivity contribution >= 4 is 35.1 Å². The predicted molar refractivity (Wildman–Crippen MR) is 110 cm³/mol. The lowest BCUT2D eigenvalue weighted by Crippen LogP contribution is -2.45. The molecule has 0 aromatic heterocycles. The number of ether oxygens (including phenoxy) is 2. The number of nitrogens with one attached hydrogen (secondary N) is 1. The molecule has 11 heteroatoms. The fourth-order valence-electron chi connectivity index (χ4n) is 3.13. The van der Waals surface area contributed by atoms with Crippen molar-refractivity contribution in [1.82, 2.24) is 4.90 Å². The van der Waals surface area contributed by atoms with Crippen molar-refractivity contribution in [2.24, 2.45) is 0 Å². The Labute approximate surface area is 182 Å². The van der Waals surface area contributed by atoms with Gasteiger partial charge in [-0.3, -0.25) is 29.4 Å². The standard InChI is InChI=1S/C21H19N3O8/c1-11(23-19(26)14-6-4-5-7-15(14)20(23)27)21(28)32-12(2)18(25)22-16-10-13(24(29)30)8-9-17(16)31-3/h4-12H,1-3H3,(H,22,25)/t11-,12-/m0/s1. The second-order valence-corrected chi connectivity index (χ2v) is 6.91. The van der Waals surface area contributed by atoms with Crippen LogP contribution in [0.4, 0.5) is 11.4 Å². The lowest BCUT2D eigenvalue weighted by molar-refractivity contribution is -0.384. The number of nitro groups is 1. The van der Waals surface area contributed by atoms with E-state index < -0.39 is 40.8 Å². The number of hydrogen-bond donors (Lipinski definition) is 1. The zero-order valence-electron chi connectivity index (χ0n) is 17.4. The summed E-state index contributed by atoms with van der Waals surface area (Å²) in [6.45, 7) is 2.60. The van der Waals surface area contributed by atoms with Crippen molar-refractivity contribution in [3.63, 3.8) is 0 Å². The van der Waals surface area contributed by atoms with Crippen LogP contribution in [-0.4, -0.2) is 52.8 Å². The van der Waals surface area contributed by atoms with Gasteiger partial charge < -0.3 is 14.8 Å². The monoisotopic (exact) mass is 441 g/mol. The molecule has 2 atom stereocenters. The number of carbonyl (C=O) groups is 4. The highest BCUT2D eigenvalue weighted by atomic mass is 16.6. The van der Waals surface area contributed by atoms with Gasteiger partial charge in [-0.05, 0) is 32.0 Å². The second-order valence-electron chi connectivity index (χ2n) is 6.91. The average molecular weight is 441 g/mol. The Hall–Kier alpha value is -4.28. The maximum Gasteiger partial charge on any atom is 0.329 e. The number of nitrogens with zero attached hydrogens (tertiary/aromatic N) is 2. The summed E-state index contributed by atoms with van der Waals surface area (Å²) in [5.74, 6) is -2.84. The number of nitro benzene ring substituents is 1. The summed E-state index contributed by atoms with van der Waals surface area (Å²) in [4.78, 5) is 61.2. The molecule has 3 amide bonds. The highest BCUT2D eigenvalue weighted by molar-refractivity contribution is 6.22. The molecular weight excluding hydrogens is 422 g/mol. The maximum absolute atomic E-state index is 12.5. The maximum atomic E-state index is 12.5. The molecule has 2 aromatic rings. The molecular formula is C21H19N3O8. The number of esters is 1. The number of fused-ring (bicyclic) bond motifs is 1. The smallest absolute Gasteiger partial charge is 0.329 e. The fraction of sp³-hybridized carbons (Fsp3) is 0.238. The Balaban J connectivity index is 1.69. The van der Waals surface area contributed by atoms with Gasteiger partial charge in [0.1, 0.15) is 11.8 Å². The third-order valence-corrected chi connectivity index (χ3v) is 4.87. The largest absolute Gasteiger partial charge is 0.495 e. The number of non-ortho nitro benzene ring substituents is 1. The Morgan fingerprint density at radius 2 is 1.66 bits per heavy atom. The van der Waals surface area contributed by atoms with Crippen LogP contribution in [-0.2, 0) is 14.3 Å². The zero-order chi connectivity index (χ0) is 23.6. The van der Waals surface area contributed by atoms with Crippen LogP contribution in [0.1, 0.15) is 34.6 Å². The molecule has 3 rings (SSSR count). The van der Waals surface area contributed by atoms with Gasteiger partial charge in [0.05, 0.1) is 28.8 Å². The van der Waals surface area contributed by atoms with E-state index in [1.165, 1.54) is 45.2 Å². The van der Waals surface area contributed by atoms with Crippen molar-refractivity contribution in [2.75, 3.05) is 12.4 Å². The molecule has 0 bridgehead atoms. The molecule has 1 N–H and O–H groups in total. The lowest BCUT2D eigenvalue weighted by atomic mass is 10.1. The van der Waals surface area contributed by atoms with Crippen molar-refractivity contribution in [1.29, 1.82) is 0 Å². The molecule has 0 radical (unpaired) electrons. The van der Waals surface area contributed by atoms with Crippen LogP contribution in [0.15, 0.2) is 42.5 Å². The SMILES string of the molecule is COc1ccc([N+](=O)[O-])cc1NC(=O)[C@H](C)OC(=O)[C@H](C)N1C(=O)c2ccccc2C1=O. The first-order valence-electron chi connectivity index (χ1n) is 9.46. The van der Waals surface area contributed by atoms with E-state index in [0.29, 0.717) is 0 Å². The third kappa shape index (κ3) is 4.13. The minimum Gasteiger partial charge on any atom is -0.495 e. The van der Waals surface area contributed by atoms with Gasteiger partial charge in [0.2, 0.25) is 0 Å². The van der Waals surface area contributed by atoms with Crippen LogP contribution in [0.25, 0.3) is 0 Å². The molecule has 0 saturated heterocycles. The molecule has 0 spiro atoms. The summed E-state index contributed by atoms with van der Waals surface area (Å²) in [6, 6.07) is 8.52. The number of hydrogen-bond acceptors (Lipinski definition) is 8. The minimum absolute atomic E-state index is 0.0167. The number of carbonyl (C=O) groups excluding carboxylic acids is 4. The molecule has 0 fully saturated rings. The molecule has 0 aliphatic carbocycles. The summed E-state index contributed by atoms with van der Waals surface area (Å²) in [7, 11) is 1.32. The molecule has 1 heterocycles. The predicted octanol–water partition coefficient (Wildman–Crippen LogP) is 2.16. The van der Waals surface area contributed by atoms with E-state index in [4.69, 9.17) is 9.47 Å². The molecule has 0 unspecified atom stereocenters. The Kier molecular flexibility index (Phi) is 6.19. The van der Waals surface area contributed by atoms with Crippen LogP contribution in [0.5, 0.6) is 5.75 Å². The van der Waals surface area contributed by atoms with E-state index in [0.717, 1.165) is 11.0 Å². The van der Waals surface area contributed by atoms with Crippen LogP contribution >= 0.6 is 0 Å². The summed E-state index contributed by atoms with van der Waals surface area (Å²) < 4.78 is 10.2. The molecule has 32 heavy (non-hydrogen) atoms. The highest BCUT2D eigenvalue weighted by Gasteiger charge is 2.41. The highest BCUT2D eigenvalue weighted by Crippen LogP contribution is 2.29. The van der Waals surface area contributed by atoms with Gasteiger partial charge in [-0.2, -0.15) is 0 Å². The minimum atomic E-state index is -1.33. The van der Waals surface area contributed by atoms with E-state index >= 15 is 0 Å². The van der Waals surface area contributed by atoms with E-state index in [2.05, 4.69) is 5.32 Å². The quantitative estimate of drug-likeness (QED) is 0.298. The first-order chi connectivity index (χ1) is 15.1. The van der Waals surface area contributed by atoms with Gasteiger partial charge >= 0.3 is 5.97 Å². The van der Waals surface area contributed by atoms with Crippen molar-refractivity contribution in [3.05, 3.63) is 63.7 Å². The Morgan fingerprint density at radius 1 is 1.06 bits per heavy atom. The fourth-order valence-corrected chi connectivity index (χ4v) is 3.13. The molecule has 11 nitrogen and oxygen atoms in total. The van der Waals surface area contributed by atoms with E-state index in [-0.39, 0.29) is 28.3 Å². The van der Waals surface area contributed by atoms with Crippen LogP contribution in [0.2, 0.25) is 0 Å². The topological polar surface area (TPSA) is 145 Å². The molecule has 1 aliphatic heterocycles. The Bertz CT molecular complexity index is 1090. The first-order valence-corrected chi connectivity index (χ1v) is 9.46. The van der Waals surface area contributed by atoms with Crippen molar-refractivity contribution in [2.45, 2.75) is 26.0 Å². The van der Waals surface area contributed by atoms with E-state index in [1.807, 2.05) is 0 Å². The van der Waals surface area contributed by atoms with Crippen LogP contribution < -0.4 is 10.1 Å². The van der Waals surface area contributed by atoms with E-state index in [9.17, 15) is 29.3 Å². The Morgan fingerprint density at radius 3 is 2.19 bits per heavy atom. The van der Waals surface area contributed by atoms with Gasteiger partial charge in [0, 0.05) is 12.1 Å². The van der Waals surface area contributed by atoms with Gasteiger partial charge in [-0.25, -0.2) is 4.79 Å². The summed E-state index contributed by atoms with van der Waals surface area (Å²) in [6.07, 6.45) is -1.33. The number of anilines is 1. The van der Waals surface area contributed by atoms with Gasteiger partial charge in [0.15, 0.2) is 6.10 Å². The number of imide groups is 1. The zero-order valence-corrected chi connectivity index (χ0v) is 17.4. The average Bonchev–Trinajstić information content (AvgIpc) is 3.03. The number of methoxy groups -OCH3 is 1. The second kappa shape index (κ2) is 8.84. The first kappa shape index (κ1) is 22.4. The number of benzene rings is 2. The number of rotatable bonds is 7.